The second kappa shape index (κ2) is 7.27. The van der Waals surface area contributed by atoms with Crippen LogP contribution in [0.1, 0.15) is 32.0 Å². The molecule has 0 aliphatic carbocycles. The molecule has 1 N–H and O–H groups in total. The van der Waals surface area contributed by atoms with Gasteiger partial charge in [-0.15, -0.1) is 0 Å². The first-order chi connectivity index (χ1) is 10.0. The van der Waals surface area contributed by atoms with E-state index in [1.165, 1.54) is 12.1 Å². The van der Waals surface area contributed by atoms with Crippen molar-refractivity contribution in [2.45, 2.75) is 32.5 Å². The molecular formula is C16H23FN2OS. The second-order valence-corrected chi connectivity index (χ2v) is 6.81. The topological polar surface area (TPSA) is 32.3 Å². The van der Waals surface area contributed by atoms with Gasteiger partial charge in [0.15, 0.2) is 0 Å². The molecule has 5 heteroatoms. The van der Waals surface area contributed by atoms with Gasteiger partial charge < -0.3 is 4.90 Å². The number of halogens is 1. The summed E-state index contributed by atoms with van der Waals surface area (Å²) in [5, 5.41) is 3.41. The fourth-order valence-electron chi connectivity index (χ4n) is 2.67. The van der Waals surface area contributed by atoms with Gasteiger partial charge in [0.05, 0.1) is 6.04 Å². The van der Waals surface area contributed by atoms with E-state index >= 15 is 0 Å². The maximum absolute atomic E-state index is 13.1. The van der Waals surface area contributed by atoms with Crippen LogP contribution in [0.2, 0.25) is 0 Å². The zero-order valence-corrected chi connectivity index (χ0v) is 13.6. The summed E-state index contributed by atoms with van der Waals surface area (Å²) in [7, 11) is 0. The van der Waals surface area contributed by atoms with Crippen molar-refractivity contribution in [1.82, 2.24) is 10.2 Å². The number of rotatable bonds is 6. The molecule has 1 amide bonds. The minimum Gasteiger partial charge on any atom is -0.321 e. The van der Waals surface area contributed by atoms with E-state index in [9.17, 15) is 9.18 Å². The molecule has 1 aromatic rings. The van der Waals surface area contributed by atoms with Crippen LogP contribution < -0.4 is 5.32 Å². The summed E-state index contributed by atoms with van der Waals surface area (Å²) < 4.78 is 13.1. The van der Waals surface area contributed by atoms with Gasteiger partial charge in [-0.2, -0.15) is 11.8 Å². The van der Waals surface area contributed by atoms with Crippen LogP contribution in [-0.2, 0) is 4.79 Å². The summed E-state index contributed by atoms with van der Waals surface area (Å²) in [5.41, 5.74) is 0.942. The summed E-state index contributed by atoms with van der Waals surface area (Å²) >= 11 is 1.72. The van der Waals surface area contributed by atoms with Crippen LogP contribution in [0.5, 0.6) is 0 Å². The van der Waals surface area contributed by atoms with Gasteiger partial charge in [0.1, 0.15) is 12.0 Å². The molecule has 0 bridgehead atoms. The van der Waals surface area contributed by atoms with Gasteiger partial charge in [-0.1, -0.05) is 26.0 Å². The van der Waals surface area contributed by atoms with E-state index < -0.39 is 0 Å². The molecular weight excluding hydrogens is 287 g/mol. The van der Waals surface area contributed by atoms with Crippen molar-refractivity contribution in [2.75, 3.05) is 18.6 Å². The van der Waals surface area contributed by atoms with Gasteiger partial charge in [0.2, 0.25) is 5.91 Å². The minimum atomic E-state index is -0.252. The molecule has 2 rings (SSSR count). The zero-order valence-electron chi connectivity index (χ0n) is 12.8. The molecule has 2 atom stereocenters. The van der Waals surface area contributed by atoms with Gasteiger partial charge in [0.25, 0.3) is 0 Å². The van der Waals surface area contributed by atoms with Crippen LogP contribution in [0, 0.1) is 11.7 Å². The molecule has 1 aliphatic rings. The first-order valence-corrected chi connectivity index (χ1v) is 8.73. The average Bonchev–Trinajstić information content (AvgIpc) is 2.74. The van der Waals surface area contributed by atoms with E-state index in [-0.39, 0.29) is 23.9 Å². The van der Waals surface area contributed by atoms with Crippen molar-refractivity contribution in [2.24, 2.45) is 5.92 Å². The number of thioether (sulfide) groups is 1. The summed E-state index contributed by atoms with van der Waals surface area (Å²) in [6.45, 7) is 4.95. The van der Waals surface area contributed by atoms with E-state index in [4.69, 9.17) is 0 Å². The molecule has 0 radical (unpaired) electrons. The number of benzene rings is 1. The third-order valence-electron chi connectivity index (χ3n) is 3.68. The molecule has 3 nitrogen and oxygen atoms in total. The average molecular weight is 310 g/mol. The van der Waals surface area contributed by atoms with E-state index in [0.717, 1.165) is 17.7 Å². The van der Waals surface area contributed by atoms with Crippen LogP contribution >= 0.6 is 11.8 Å². The summed E-state index contributed by atoms with van der Waals surface area (Å²) in [5.74, 6) is 1.27. The molecule has 0 saturated carbocycles. The lowest BCUT2D eigenvalue weighted by atomic mass is 10.0. The molecule has 1 aliphatic heterocycles. The van der Waals surface area contributed by atoms with Crippen molar-refractivity contribution in [3.8, 4) is 0 Å². The first kappa shape index (κ1) is 16.3. The molecule has 1 heterocycles. The second-order valence-electron chi connectivity index (χ2n) is 5.83. The number of hydrogen-bond donors (Lipinski definition) is 1. The number of carbonyl (C=O) groups is 1. The number of nitrogens with one attached hydrogen (secondary N) is 1. The molecule has 0 spiro atoms. The Morgan fingerprint density at radius 3 is 2.57 bits per heavy atom. The Hall–Kier alpha value is -1.07. The highest BCUT2D eigenvalue weighted by Gasteiger charge is 2.39. The number of carbonyl (C=O) groups excluding carboxylic acids is 1. The Morgan fingerprint density at radius 1 is 1.33 bits per heavy atom. The Kier molecular flexibility index (Phi) is 5.65. The fourth-order valence-corrected chi connectivity index (χ4v) is 3.05. The zero-order chi connectivity index (χ0) is 15.4. The van der Waals surface area contributed by atoms with Gasteiger partial charge in [-0.3, -0.25) is 10.1 Å². The lowest BCUT2D eigenvalue weighted by Gasteiger charge is -2.24. The Balaban J connectivity index is 2.19. The van der Waals surface area contributed by atoms with Crippen LogP contribution in [0.3, 0.4) is 0 Å². The van der Waals surface area contributed by atoms with Crippen molar-refractivity contribution in [1.29, 1.82) is 0 Å². The fraction of sp³-hybridized carbons (Fsp3) is 0.562. The summed E-state index contributed by atoms with van der Waals surface area (Å²) in [6, 6.07) is 6.27. The number of amides is 1. The number of nitrogens with zero attached hydrogens (tertiary/aromatic N) is 1. The predicted molar refractivity (Wildman–Crippen MR) is 85.6 cm³/mol. The van der Waals surface area contributed by atoms with Crippen LogP contribution in [-0.4, -0.2) is 35.4 Å². The smallest absolute Gasteiger partial charge is 0.241 e. The molecule has 2 unspecified atom stereocenters. The lowest BCUT2D eigenvalue weighted by Crippen LogP contribution is -2.33. The first-order valence-electron chi connectivity index (χ1n) is 7.34. The highest BCUT2D eigenvalue weighted by molar-refractivity contribution is 7.98. The SMILES string of the molecule is CSCCN1C(=O)C(CC(C)C)NC1c1ccc(F)cc1. The number of hydrogen-bond acceptors (Lipinski definition) is 3. The summed E-state index contributed by atoms with van der Waals surface area (Å²) in [6.07, 6.45) is 2.72. The minimum absolute atomic E-state index is 0.137. The van der Waals surface area contributed by atoms with E-state index in [0.29, 0.717) is 12.5 Å². The third kappa shape index (κ3) is 3.98. The Bertz CT molecular complexity index is 478. The van der Waals surface area contributed by atoms with Crippen molar-refractivity contribution >= 4 is 17.7 Å². The standard InChI is InChI=1S/C16H23FN2OS/c1-11(2)10-14-16(20)19(8-9-21-3)15(18-14)12-4-6-13(17)7-5-12/h4-7,11,14-15,18H,8-10H2,1-3H3. The maximum Gasteiger partial charge on any atom is 0.241 e. The van der Waals surface area contributed by atoms with Gasteiger partial charge in [-0.05, 0) is 36.3 Å². The molecule has 1 aromatic carbocycles. The lowest BCUT2D eigenvalue weighted by molar-refractivity contribution is -0.130. The molecule has 0 aromatic heterocycles. The molecule has 1 fully saturated rings. The van der Waals surface area contributed by atoms with E-state index in [1.54, 1.807) is 23.9 Å². The molecule has 21 heavy (non-hydrogen) atoms. The highest BCUT2D eigenvalue weighted by atomic mass is 32.2. The van der Waals surface area contributed by atoms with Crippen molar-refractivity contribution in [3.05, 3.63) is 35.6 Å². The Labute approximate surface area is 130 Å². The predicted octanol–water partition coefficient (Wildman–Crippen LogP) is 3.03. The summed E-state index contributed by atoms with van der Waals surface area (Å²) in [4.78, 5) is 14.5. The maximum atomic E-state index is 13.1. The molecule has 116 valence electrons. The Morgan fingerprint density at radius 2 is 2.00 bits per heavy atom. The van der Waals surface area contributed by atoms with Gasteiger partial charge in [0, 0.05) is 12.3 Å². The molecule has 1 saturated heterocycles. The van der Waals surface area contributed by atoms with Crippen molar-refractivity contribution in [3.63, 3.8) is 0 Å². The monoisotopic (exact) mass is 310 g/mol. The van der Waals surface area contributed by atoms with Gasteiger partial charge >= 0.3 is 0 Å². The highest BCUT2D eigenvalue weighted by Crippen LogP contribution is 2.28. The quantitative estimate of drug-likeness (QED) is 0.876. The van der Waals surface area contributed by atoms with Crippen LogP contribution in [0.4, 0.5) is 4.39 Å². The van der Waals surface area contributed by atoms with Crippen LogP contribution in [0.25, 0.3) is 0 Å². The van der Waals surface area contributed by atoms with E-state index in [2.05, 4.69) is 19.2 Å². The van der Waals surface area contributed by atoms with E-state index in [1.807, 2.05) is 11.2 Å². The normalized spacial score (nSPS) is 22.3. The third-order valence-corrected chi connectivity index (χ3v) is 4.27. The van der Waals surface area contributed by atoms with Crippen LogP contribution in [0.15, 0.2) is 24.3 Å². The van der Waals surface area contributed by atoms with Gasteiger partial charge in [-0.25, -0.2) is 4.39 Å². The largest absolute Gasteiger partial charge is 0.321 e. The van der Waals surface area contributed by atoms with Crippen molar-refractivity contribution < 1.29 is 9.18 Å².